The van der Waals surface area contributed by atoms with E-state index in [4.69, 9.17) is 11.6 Å². The summed E-state index contributed by atoms with van der Waals surface area (Å²) in [6, 6.07) is 3.95. The molecular weight excluding hydrogens is 625 g/mol. The summed E-state index contributed by atoms with van der Waals surface area (Å²) in [5.74, 6) is -6.96. The fourth-order valence-electron chi connectivity index (χ4n) is 6.50. The molecule has 14 heteroatoms. The summed E-state index contributed by atoms with van der Waals surface area (Å²) in [5, 5.41) is 15.2. The lowest BCUT2D eigenvalue weighted by molar-refractivity contribution is -0.124. The highest BCUT2D eigenvalue weighted by atomic mass is 35.5. The molecule has 2 aliphatic carbocycles. The maximum absolute atomic E-state index is 14.0. The van der Waals surface area contributed by atoms with Crippen molar-refractivity contribution < 1.29 is 45.8 Å². The first kappa shape index (κ1) is 33.7. The number of rotatable bonds is 10. The highest BCUT2D eigenvalue weighted by Gasteiger charge is 2.54. The largest absolute Gasteiger partial charge is 0.453 e. The van der Waals surface area contributed by atoms with Crippen LogP contribution in [0.3, 0.4) is 0 Å². The first-order valence-corrected chi connectivity index (χ1v) is 16.1. The number of sulfone groups is 1. The number of carbonyl (C=O) groups excluding carboxylic acids is 3. The number of anilines is 1. The van der Waals surface area contributed by atoms with E-state index < -0.39 is 68.0 Å². The molecule has 9 nitrogen and oxygen atoms in total. The number of hydrogen-bond acceptors (Lipinski definition) is 7. The van der Waals surface area contributed by atoms with Crippen molar-refractivity contribution in [2.45, 2.75) is 74.2 Å². The van der Waals surface area contributed by atoms with E-state index in [0.717, 1.165) is 6.07 Å². The number of benzene rings is 2. The summed E-state index contributed by atoms with van der Waals surface area (Å²) in [7, 11) is -2.93. The van der Waals surface area contributed by atoms with Crippen molar-refractivity contribution in [1.29, 1.82) is 0 Å². The molecule has 2 fully saturated rings. The molecule has 0 spiro atoms. The SMILES string of the molecule is COC(=O)N[C@H](C(=O)CCC1(O)CC2CC[C@@H](C1)C2S(=O)(=O)c1cc(C(=O)Nc2cc(F)c(F)c(F)c2)ccc1Cl)C(C)C. The quantitative estimate of drug-likeness (QED) is 0.289. The van der Waals surface area contributed by atoms with E-state index in [0.29, 0.717) is 25.0 Å². The molecular formula is C30H34ClF3N2O7S. The zero-order valence-corrected chi connectivity index (χ0v) is 25.9. The van der Waals surface area contributed by atoms with Gasteiger partial charge < -0.3 is 20.5 Å². The number of fused-ring (bicyclic) bond motifs is 2. The molecule has 2 aromatic rings. The van der Waals surface area contributed by atoms with Crippen molar-refractivity contribution in [2.24, 2.45) is 17.8 Å². The minimum absolute atomic E-state index is 0.0228. The highest BCUT2D eigenvalue weighted by Crippen LogP contribution is 2.52. The zero-order valence-electron chi connectivity index (χ0n) is 24.3. The normalized spacial score (nSPS) is 23.7. The zero-order chi connectivity index (χ0) is 32.6. The Bertz CT molecular complexity index is 1530. The number of aliphatic hydroxyl groups is 1. The Hall–Kier alpha value is -3.16. The second kappa shape index (κ2) is 13.1. The fraction of sp³-hybridized carbons (Fsp3) is 0.500. The van der Waals surface area contributed by atoms with Crippen LogP contribution in [0.5, 0.6) is 0 Å². The maximum atomic E-state index is 14.0. The van der Waals surface area contributed by atoms with Gasteiger partial charge in [0.2, 0.25) is 0 Å². The van der Waals surface area contributed by atoms with Crippen molar-refractivity contribution >= 4 is 44.9 Å². The van der Waals surface area contributed by atoms with E-state index in [2.05, 4.69) is 15.4 Å². The molecule has 44 heavy (non-hydrogen) atoms. The van der Waals surface area contributed by atoms with Gasteiger partial charge in [-0.25, -0.2) is 26.4 Å². The topological polar surface area (TPSA) is 139 Å². The second-order valence-corrected chi connectivity index (χ2v) is 14.4. The standard InChI is InChI=1S/C30H34ClF3N2O7S/c1-15(2)26(36-29(39)43-3)23(37)8-9-30(40)13-17-4-5-18(14-30)27(17)44(41,42)24-10-16(6-7-20(24)31)28(38)35-19-11-21(32)25(34)22(33)12-19/h6-7,10-12,15,17-18,26-27,40H,4-5,8-9,13-14H2,1-3H3,(H,35,38)(H,36,39)/t17-,18?,26-,27?,30?/m0/s1. The van der Waals surface area contributed by atoms with E-state index in [9.17, 15) is 41.1 Å². The number of amides is 2. The van der Waals surface area contributed by atoms with Crippen LogP contribution in [0.2, 0.25) is 5.02 Å². The van der Waals surface area contributed by atoms with Gasteiger partial charge in [0, 0.05) is 29.8 Å². The Kier molecular flexibility index (Phi) is 10.0. The minimum Gasteiger partial charge on any atom is -0.453 e. The van der Waals surface area contributed by atoms with Gasteiger partial charge in [0.25, 0.3) is 5.91 Å². The molecule has 5 atom stereocenters. The Morgan fingerprint density at radius 3 is 2.20 bits per heavy atom. The van der Waals surface area contributed by atoms with Gasteiger partial charge in [-0.3, -0.25) is 9.59 Å². The highest BCUT2D eigenvalue weighted by molar-refractivity contribution is 7.92. The molecule has 0 aromatic heterocycles. The van der Waals surface area contributed by atoms with Crippen LogP contribution in [-0.4, -0.2) is 55.3 Å². The minimum atomic E-state index is -4.12. The molecule has 240 valence electrons. The van der Waals surface area contributed by atoms with Crippen LogP contribution in [0, 0.1) is 35.2 Å². The summed E-state index contributed by atoms with van der Waals surface area (Å²) in [4.78, 5) is 37.1. The number of ketones is 1. The molecule has 2 bridgehead atoms. The Labute approximate surface area is 258 Å². The molecule has 0 heterocycles. The van der Waals surface area contributed by atoms with Gasteiger partial charge in [0.1, 0.15) is 0 Å². The smallest absolute Gasteiger partial charge is 0.407 e. The monoisotopic (exact) mass is 658 g/mol. The first-order chi connectivity index (χ1) is 20.6. The van der Waals surface area contributed by atoms with Gasteiger partial charge in [0.15, 0.2) is 33.1 Å². The summed E-state index contributed by atoms with van der Waals surface area (Å²) in [6.07, 6.45) is 0.668. The number of ether oxygens (including phenoxy) is 1. The Morgan fingerprint density at radius 2 is 1.66 bits per heavy atom. The van der Waals surface area contributed by atoms with Gasteiger partial charge in [0.05, 0.1) is 33.9 Å². The molecule has 2 aliphatic rings. The Balaban J connectivity index is 1.49. The number of alkyl carbamates (subject to hydrolysis) is 1. The number of hydrogen-bond donors (Lipinski definition) is 3. The van der Waals surface area contributed by atoms with Crippen molar-refractivity contribution in [3.05, 3.63) is 58.4 Å². The molecule has 3 unspecified atom stereocenters. The number of halogens is 4. The van der Waals surface area contributed by atoms with Crippen LogP contribution >= 0.6 is 11.6 Å². The lowest BCUT2D eigenvalue weighted by Gasteiger charge is -2.41. The molecule has 3 N–H and O–H groups in total. The summed E-state index contributed by atoms with van der Waals surface area (Å²) in [5.41, 5.74) is -1.81. The third kappa shape index (κ3) is 7.05. The van der Waals surface area contributed by atoms with E-state index >= 15 is 0 Å². The third-order valence-electron chi connectivity index (χ3n) is 8.53. The second-order valence-electron chi connectivity index (χ2n) is 11.9. The van der Waals surface area contributed by atoms with E-state index in [1.807, 2.05) is 0 Å². The van der Waals surface area contributed by atoms with Crippen molar-refractivity contribution in [2.75, 3.05) is 12.4 Å². The molecule has 2 aromatic carbocycles. The number of nitrogens with one attached hydrogen (secondary N) is 2. The van der Waals surface area contributed by atoms with Gasteiger partial charge in [-0.1, -0.05) is 25.4 Å². The molecule has 0 saturated heterocycles. The average molecular weight is 659 g/mol. The number of carbonyl (C=O) groups is 3. The predicted molar refractivity (Wildman–Crippen MR) is 156 cm³/mol. The van der Waals surface area contributed by atoms with E-state index in [-0.39, 0.29) is 58.6 Å². The van der Waals surface area contributed by atoms with Crippen molar-refractivity contribution in [3.63, 3.8) is 0 Å². The molecule has 2 amide bonds. The fourth-order valence-corrected chi connectivity index (χ4v) is 9.35. The van der Waals surface area contributed by atoms with Crippen LogP contribution in [0.15, 0.2) is 35.2 Å². The summed E-state index contributed by atoms with van der Waals surface area (Å²) >= 11 is 6.30. The summed E-state index contributed by atoms with van der Waals surface area (Å²) < 4.78 is 73.0. The van der Waals surface area contributed by atoms with Gasteiger partial charge in [-0.15, -0.1) is 0 Å². The first-order valence-electron chi connectivity index (χ1n) is 14.1. The van der Waals surface area contributed by atoms with Gasteiger partial charge in [-0.2, -0.15) is 0 Å². The lowest BCUT2D eigenvalue weighted by Crippen LogP contribution is -2.48. The Morgan fingerprint density at radius 1 is 1.07 bits per heavy atom. The summed E-state index contributed by atoms with van der Waals surface area (Å²) in [6.45, 7) is 3.55. The van der Waals surface area contributed by atoms with Gasteiger partial charge >= 0.3 is 6.09 Å². The van der Waals surface area contributed by atoms with Crippen LogP contribution in [0.1, 0.15) is 62.7 Å². The lowest BCUT2D eigenvalue weighted by atomic mass is 9.74. The third-order valence-corrected chi connectivity index (χ3v) is 11.4. The van der Waals surface area contributed by atoms with Crippen LogP contribution in [0.25, 0.3) is 0 Å². The van der Waals surface area contributed by atoms with Crippen molar-refractivity contribution in [3.8, 4) is 0 Å². The molecule has 0 radical (unpaired) electrons. The number of methoxy groups -OCH3 is 1. The molecule has 2 saturated carbocycles. The molecule has 4 rings (SSSR count). The number of Topliss-reactive ketones (excluding diaryl/α,β-unsaturated/α-hetero) is 1. The van der Waals surface area contributed by atoms with Crippen LogP contribution in [0.4, 0.5) is 23.7 Å². The van der Waals surface area contributed by atoms with Crippen LogP contribution < -0.4 is 10.6 Å². The van der Waals surface area contributed by atoms with Crippen molar-refractivity contribution in [1.82, 2.24) is 5.32 Å². The van der Waals surface area contributed by atoms with Gasteiger partial charge in [-0.05, 0) is 68.1 Å². The van der Waals surface area contributed by atoms with E-state index in [1.54, 1.807) is 13.8 Å². The van der Waals surface area contributed by atoms with E-state index in [1.165, 1.54) is 19.2 Å². The van der Waals surface area contributed by atoms with Crippen LogP contribution in [-0.2, 0) is 19.4 Å². The maximum Gasteiger partial charge on any atom is 0.407 e. The average Bonchev–Trinajstić information content (AvgIpc) is 3.26. The predicted octanol–water partition coefficient (Wildman–Crippen LogP) is 5.43. The molecule has 0 aliphatic heterocycles.